The Labute approximate surface area is 130 Å². The van der Waals surface area contributed by atoms with Crippen LogP contribution in [0.1, 0.15) is 0 Å². The second kappa shape index (κ2) is 8.56. The lowest BCUT2D eigenvalue weighted by molar-refractivity contribution is 0.0428. The molecule has 1 aromatic carbocycles. The average molecular weight is 315 g/mol. The Morgan fingerprint density at radius 3 is 2.57 bits per heavy atom. The quantitative estimate of drug-likeness (QED) is 0.775. The highest BCUT2D eigenvalue weighted by Crippen LogP contribution is 2.17. The monoisotopic (exact) mass is 314 g/mol. The lowest BCUT2D eigenvalue weighted by Crippen LogP contribution is -2.49. The van der Waals surface area contributed by atoms with Crippen molar-refractivity contribution in [2.45, 2.75) is 6.10 Å². The number of hydrogen-bond acceptors (Lipinski definition) is 5. The van der Waals surface area contributed by atoms with E-state index in [0.717, 1.165) is 32.7 Å². The van der Waals surface area contributed by atoms with Gasteiger partial charge in [0.15, 0.2) is 0 Å². The number of aliphatic hydroxyl groups is 2. The lowest BCUT2D eigenvalue weighted by atomic mass is 10.2. The van der Waals surface area contributed by atoms with E-state index in [1.54, 1.807) is 12.1 Å². The van der Waals surface area contributed by atoms with Crippen LogP contribution >= 0.6 is 11.6 Å². The molecule has 5 nitrogen and oxygen atoms in total. The highest BCUT2D eigenvalue weighted by molar-refractivity contribution is 6.30. The zero-order valence-corrected chi connectivity index (χ0v) is 12.9. The van der Waals surface area contributed by atoms with E-state index < -0.39 is 6.10 Å². The molecule has 0 aliphatic carbocycles. The van der Waals surface area contributed by atoms with E-state index in [1.807, 2.05) is 12.1 Å². The maximum atomic E-state index is 10.0. The van der Waals surface area contributed by atoms with Crippen molar-refractivity contribution in [1.29, 1.82) is 0 Å². The zero-order chi connectivity index (χ0) is 15.1. The number of aliphatic hydroxyl groups excluding tert-OH is 2. The lowest BCUT2D eigenvalue weighted by Gasteiger charge is -2.35. The van der Waals surface area contributed by atoms with E-state index in [4.69, 9.17) is 21.4 Å². The molecule has 0 bridgehead atoms. The largest absolute Gasteiger partial charge is 0.491 e. The first-order valence-electron chi connectivity index (χ1n) is 7.29. The summed E-state index contributed by atoms with van der Waals surface area (Å²) < 4.78 is 5.55. The Hall–Kier alpha value is -0.850. The Kier molecular flexibility index (Phi) is 6.73. The predicted molar refractivity (Wildman–Crippen MR) is 82.9 cm³/mol. The number of ether oxygens (including phenoxy) is 1. The molecular weight excluding hydrogens is 292 g/mol. The van der Waals surface area contributed by atoms with E-state index in [1.165, 1.54) is 0 Å². The number of piperazine rings is 1. The van der Waals surface area contributed by atoms with Gasteiger partial charge in [0.1, 0.15) is 18.5 Å². The van der Waals surface area contributed by atoms with Gasteiger partial charge in [0.25, 0.3) is 0 Å². The van der Waals surface area contributed by atoms with Crippen molar-refractivity contribution in [3.63, 3.8) is 0 Å². The first-order chi connectivity index (χ1) is 10.2. The maximum absolute atomic E-state index is 10.0. The van der Waals surface area contributed by atoms with Crippen molar-refractivity contribution in [1.82, 2.24) is 9.80 Å². The number of β-amino-alcohol motifs (C(OH)–C–C–N with tert-alkyl or cyclic N) is 2. The van der Waals surface area contributed by atoms with Crippen molar-refractivity contribution in [2.75, 3.05) is 52.5 Å². The Balaban J connectivity index is 1.67. The van der Waals surface area contributed by atoms with Crippen molar-refractivity contribution in [2.24, 2.45) is 0 Å². The fraction of sp³-hybridized carbons (Fsp3) is 0.600. The molecule has 1 heterocycles. The van der Waals surface area contributed by atoms with Crippen molar-refractivity contribution in [3.05, 3.63) is 29.3 Å². The number of hydrogen-bond donors (Lipinski definition) is 2. The molecule has 0 radical (unpaired) electrons. The van der Waals surface area contributed by atoms with E-state index in [0.29, 0.717) is 17.3 Å². The third kappa shape index (κ3) is 5.80. The molecule has 1 saturated heterocycles. The van der Waals surface area contributed by atoms with Gasteiger partial charge in [-0.15, -0.1) is 0 Å². The molecule has 0 spiro atoms. The van der Waals surface area contributed by atoms with E-state index in [9.17, 15) is 5.11 Å². The number of nitrogens with zero attached hydrogens (tertiary/aromatic N) is 2. The summed E-state index contributed by atoms with van der Waals surface area (Å²) in [5.74, 6) is 0.675. The summed E-state index contributed by atoms with van der Waals surface area (Å²) in [4.78, 5) is 4.45. The zero-order valence-electron chi connectivity index (χ0n) is 12.1. The van der Waals surface area contributed by atoms with Crippen LogP contribution < -0.4 is 4.74 Å². The molecule has 1 aliphatic rings. The Morgan fingerprint density at radius 2 is 1.90 bits per heavy atom. The summed E-state index contributed by atoms with van der Waals surface area (Å²) in [6.45, 7) is 5.49. The van der Waals surface area contributed by atoms with Gasteiger partial charge in [-0.2, -0.15) is 0 Å². The second-order valence-corrected chi connectivity index (χ2v) is 5.72. The molecular formula is C15H23ClN2O3. The minimum absolute atomic E-state index is 0.204. The molecule has 1 aliphatic heterocycles. The van der Waals surface area contributed by atoms with Gasteiger partial charge in [-0.05, 0) is 18.2 Å². The summed E-state index contributed by atoms with van der Waals surface area (Å²) in [5, 5.41) is 19.6. The van der Waals surface area contributed by atoms with Crippen LogP contribution in [0.5, 0.6) is 5.75 Å². The summed E-state index contributed by atoms with van der Waals surface area (Å²) in [6, 6.07) is 7.18. The third-order valence-corrected chi connectivity index (χ3v) is 3.82. The standard InChI is InChI=1S/C15H23ClN2O3/c16-13-2-1-3-15(10-13)21-12-14(20)11-18-6-4-17(5-7-18)8-9-19/h1-3,10,14,19-20H,4-9,11-12H2. The summed E-state index contributed by atoms with van der Waals surface area (Å²) in [7, 11) is 0. The van der Waals surface area contributed by atoms with Crippen LogP contribution in [-0.4, -0.2) is 78.6 Å². The molecule has 1 aromatic rings. The fourth-order valence-corrected chi connectivity index (χ4v) is 2.62. The fourth-order valence-electron chi connectivity index (χ4n) is 2.44. The van der Waals surface area contributed by atoms with Gasteiger partial charge in [-0.3, -0.25) is 9.80 Å². The van der Waals surface area contributed by atoms with Gasteiger partial charge in [-0.1, -0.05) is 17.7 Å². The van der Waals surface area contributed by atoms with Crippen LogP contribution in [0.3, 0.4) is 0 Å². The van der Waals surface area contributed by atoms with Crippen LogP contribution in [0.15, 0.2) is 24.3 Å². The Bertz CT molecular complexity index is 425. The first-order valence-corrected chi connectivity index (χ1v) is 7.67. The molecule has 6 heteroatoms. The molecule has 0 saturated carbocycles. The van der Waals surface area contributed by atoms with Gasteiger partial charge in [0.2, 0.25) is 0 Å². The minimum Gasteiger partial charge on any atom is -0.491 e. The van der Waals surface area contributed by atoms with Gasteiger partial charge >= 0.3 is 0 Å². The maximum Gasteiger partial charge on any atom is 0.120 e. The van der Waals surface area contributed by atoms with Gasteiger partial charge in [-0.25, -0.2) is 0 Å². The van der Waals surface area contributed by atoms with Crippen LogP contribution in [0.2, 0.25) is 5.02 Å². The number of rotatable bonds is 7. The normalized spacial score (nSPS) is 18.6. The smallest absolute Gasteiger partial charge is 0.120 e. The van der Waals surface area contributed by atoms with E-state index in [2.05, 4.69) is 9.80 Å². The Morgan fingerprint density at radius 1 is 1.19 bits per heavy atom. The molecule has 2 rings (SSSR count). The SMILES string of the molecule is OCCN1CCN(CC(O)COc2cccc(Cl)c2)CC1. The average Bonchev–Trinajstić information content (AvgIpc) is 2.48. The van der Waals surface area contributed by atoms with Crippen LogP contribution in [0, 0.1) is 0 Å². The first kappa shape index (κ1) is 16.5. The van der Waals surface area contributed by atoms with E-state index in [-0.39, 0.29) is 13.2 Å². The van der Waals surface area contributed by atoms with E-state index >= 15 is 0 Å². The van der Waals surface area contributed by atoms with Gasteiger partial charge in [0.05, 0.1) is 6.61 Å². The molecule has 2 N–H and O–H groups in total. The number of halogens is 1. The predicted octanol–water partition coefficient (Wildman–Crippen LogP) is 0.690. The van der Waals surface area contributed by atoms with Gasteiger partial charge in [0, 0.05) is 44.3 Å². The van der Waals surface area contributed by atoms with Crippen LogP contribution in [0.25, 0.3) is 0 Å². The van der Waals surface area contributed by atoms with Gasteiger partial charge < -0.3 is 14.9 Å². The highest BCUT2D eigenvalue weighted by Gasteiger charge is 2.19. The second-order valence-electron chi connectivity index (χ2n) is 5.29. The van der Waals surface area contributed by atoms with Crippen LogP contribution in [-0.2, 0) is 0 Å². The van der Waals surface area contributed by atoms with Crippen LogP contribution in [0.4, 0.5) is 0 Å². The molecule has 1 atom stereocenters. The topological polar surface area (TPSA) is 56.2 Å². The molecule has 1 fully saturated rings. The third-order valence-electron chi connectivity index (χ3n) is 3.59. The summed E-state index contributed by atoms with van der Waals surface area (Å²) in [5.41, 5.74) is 0. The molecule has 0 aromatic heterocycles. The highest BCUT2D eigenvalue weighted by atomic mass is 35.5. The summed E-state index contributed by atoms with van der Waals surface area (Å²) in [6.07, 6.45) is -0.520. The molecule has 1 unspecified atom stereocenters. The van der Waals surface area contributed by atoms with Crippen molar-refractivity contribution in [3.8, 4) is 5.75 Å². The molecule has 118 valence electrons. The molecule has 0 amide bonds. The summed E-state index contributed by atoms with van der Waals surface area (Å²) >= 11 is 5.88. The minimum atomic E-state index is -0.520. The molecule has 21 heavy (non-hydrogen) atoms. The van der Waals surface area contributed by atoms with Crippen molar-refractivity contribution >= 4 is 11.6 Å². The number of benzene rings is 1. The van der Waals surface area contributed by atoms with Crippen molar-refractivity contribution < 1.29 is 14.9 Å².